The van der Waals surface area contributed by atoms with E-state index in [0.29, 0.717) is 0 Å². The van der Waals surface area contributed by atoms with Crippen molar-refractivity contribution in [3.8, 4) is 0 Å². The van der Waals surface area contributed by atoms with Crippen LogP contribution < -0.4 is 0 Å². The van der Waals surface area contributed by atoms with E-state index in [1.807, 2.05) is 11.8 Å². The monoisotopic (exact) mass is 171 g/mol. The highest BCUT2D eigenvalue weighted by molar-refractivity contribution is 7.99. The number of nitrogens with zero attached hydrogens (tertiary/aromatic N) is 1. The second-order valence-electron chi connectivity index (χ2n) is 2.76. The third-order valence-corrected chi connectivity index (χ3v) is 2.78. The van der Waals surface area contributed by atoms with Crippen LogP contribution in [-0.2, 0) is 0 Å². The lowest BCUT2D eigenvalue weighted by Crippen LogP contribution is -2.29. The third kappa shape index (κ3) is 3.82. The van der Waals surface area contributed by atoms with Crippen molar-refractivity contribution in [3.05, 3.63) is 12.2 Å². The largest absolute Gasteiger partial charge is 0.299 e. The molecule has 0 N–H and O–H groups in total. The first-order valence-electron chi connectivity index (χ1n) is 4.38. The second-order valence-corrected chi connectivity index (χ2v) is 4.15. The van der Waals surface area contributed by atoms with Gasteiger partial charge >= 0.3 is 0 Å². The van der Waals surface area contributed by atoms with Gasteiger partial charge in [0.15, 0.2) is 0 Å². The maximum atomic E-state index is 2.52. The van der Waals surface area contributed by atoms with E-state index >= 15 is 0 Å². The predicted molar refractivity (Wildman–Crippen MR) is 53.2 cm³/mol. The molecule has 1 heterocycles. The first-order chi connectivity index (χ1) is 5.43. The molecule has 0 fully saturated rings. The molecule has 2 heteroatoms. The predicted octanol–water partition coefficient (Wildman–Crippen LogP) is 2.00. The van der Waals surface area contributed by atoms with Crippen LogP contribution in [0.1, 0.15) is 13.3 Å². The van der Waals surface area contributed by atoms with Gasteiger partial charge in [0, 0.05) is 25.4 Å². The minimum absolute atomic E-state index is 1.17. The van der Waals surface area contributed by atoms with Crippen molar-refractivity contribution in [1.82, 2.24) is 4.90 Å². The smallest absolute Gasteiger partial charge is 0.0163 e. The highest BCUT2D eigenvalue weighted by Gasteiger charge is 2.03. The summed E-state index contributed by atoms with van der Waals surface area (Å²) in [4.78, 5) is 2.52. The summed E-state index contributed by atoms with van der Waals surface area (Å²) in [5.41, 5.74) is 0. The molecule has 1 aliphatic heterocycles. The van der Waals surface area contributed by atoms with Crippen molar-refractivity contribution in [3.63, 3.8) is 0 Å². The van der Waals surface area contributed by atoms with Crippen LogP contribution in [0.2, 0.25) is 0 Å². The quantitative estimate of drug-likeness (QED) is 0.470. The fraction of sp³-hybridized carbons (Fsp3) is 0.778. The van der Waals surface area contributed by atoms with Gasteiger partial charge in [-0.3, -0.25) is 4.90 Å². The van der Waals surface area contributed by atoms with Crippen LogP contribution in [0.25, 0.3) is 0 Å². The van der Waals surface area contributed by atoms with Gasteiger partial charge in [0.2, 0.25) is 0 Å². The Labute approximate surface area is 73.8 Å². The minimum Gasteiger partial charge on any atom is -0.299 e. The normalized spacial score (nSPS) is 19.0. The first-order valence-corrected chi connectivity index (χ1v) is 5.54. The molecule has 0 saturated carbocycles. The molecule has 0 atom stereocenters. The number of thioether (sulfide) groups is 1. The fourth-order valence-corrected chi connectivity index (χ4v) is 1.91. The van der Waals surface area contributed by atoms with Crippen molar-refractivity contribution in [2.24, 2.45) is 0 Å². The van der Waals surface area contributed by atoms with E-state index in [4.69, 9.17) is 0 Å². The van der Waals surface area contributed by atoms with Crippen molar-refractivity contribution in [2.45, 2.75) is 13.3 Å². The van der Waals surface area contributed by atoms with E-state index in [-0.39, 0.29) is 0 Å². The SMILES string of the molecule is CCSCCN1CC=CCC1. The Kier molecular flexibility index (Phi) is 4.71. The summed E-state index contributed by atoms with van der Waals surface area (Å²) >= 11 is 2.04. The molecule has 1 rings (SSSR count). The van der Waals surface area contributed by atoms with Crippen LogP contribution in [0.15, 0.2) is 12.2 Å². The maximum absolute atomic E-state index is 2.52. The zero-order valence-corrected chi connectivity index (χ0v) is 8.07. The van der Waals surface area contributed by atoms with Crippen molar-refractivity contribution >= 4 is 11.8 Å². The van der Waals surface area contributed by atoms with Crippen LogP contribution in [0.4, 0.5) is 0 Å². The molecule has 0 aromatic heterocycles. The summed E-state index contributed by atoms with van der Waals surface area (Å²) in [7, 11) is 0. The lowest BCUT2D eigenvalue weighted by Gasteiger charge is -2.22. The standard InChI is InChI=1S/C9H17NS/c1-2-11-9-8-10-6-4-3-5-7-10/h3-4H,2,5-9H2,1H3. The Balaban J connectivity index is 2.02. The Morgan fingerprint density at radius 2 is 2.36 bits per heavy atom. The highest BCUT2D eigenvalue weighted by atomic mass is 32.2. The van der Waals surface area contributed by atoms with Crippen LogP contribution >= 0.6 is 11.8 Å². The van der Waals surface area contributed by atoms with E-state index in [9.17, 15) is 0 Å². The molecule has 64 valence electrons. The molecule has 0 aliphatic carbocycles. The van der Waals surface area contributed by atoms with Crippen molar-refractivity contribution < 1.29 is 0 Å². The van der Waals surface area contributed by atoms with E-state index in [1.165, 1.54) is 37.6 Å². The van der Waals surface area contributed by atoms with E-state index in [1.54, 1.807) is 0 Å². The summed E-state index contributed by atoms with van der Waals surface area (Å²) in [6, 6.07) is 0. The van der Waals surface area contributed by atoms with E-state index in [0.717, 1.165) is 0 Å². The van der Waals surface area contributed by atoms with Gasteiger partial charge in [-0.05, 0) is 12.2 Å². The number of rotatable bonds is 4. The number of hydrogen-bond donors (Lipinski definition) is 0. The Hall–Kier alpha value is 0.0500. The van der Waals surface area contributed by atoms with Gasteiger partial charge < -0.3 is 0 Å². The van der Waals surface area contributed by atoms with Crippen LogP contribution in [0.3, 0.4) is 0 Å². The van der Waals surface area contributed by atoms with E-state index < -0.39 is 0 Å². The summed E-state index contributed by atoms with van der Waals surface area (Å²) in [6.07, 6.45) is 5.81. The molecule has 1 nitrogen and oxygen atoms in total. The van der Waals surface area contributed by atoms with Gasteiger partial charge in [-0.15, -0.1) is 0 Å². The second kappa shape index (κ2) is 5.67. The molecule has 0 bridgehead atoms. The molecule has 0 unspecified atom stereocenters. The highest BCUT2D eigenvalue weighted by Crippen LogP contribution is 2.04. The molecule has 0 aromatic rings. The van der Waals surface area contributed by atoms with Gasteiger partial charge in [-0.2, -0.15) is 11.8 Å². The summed E-state index contributed by atoms with van der Waals surface area (Å²) in [5.74, 6) is 2.55. The summed E-state index contributed by atoms with van der Waals surface area (Å²) < 4.78 is 0. The number of hydrogen-bond acceptors (Lipinski definition) is 2. The van der Waals surface area contributed by atoms with Gasteiger partial charge in [0.05, 0.1) is 0 Å². The third-order valence-electron chi connectivity index (χ3n) is 1.90. The average molecular weight is 171 g/mol. The van der Waals surface area contributed by atoms with Gasteiger partial charge in [-0.25, -0.2) is 0 Å². The molecule has 0 spiro atoms. The topological polar surface area (TPSA) is 3.24 Å². The summed E-state index contributed by atoms with van der Waals surface area (Å²) in [5, 5.41) is 0. The average Bonchev–Trinajstić information content (AvgIpc) is 2.07. The molecule has 0 radical (unpaired) electrons. The maximum Gasteiger partial charge on any atom is 0.0163 e. The lowest BCUT2D eigenvalue weighted by atomic mass is 10.2. The molecular weight excluding hydrogens is 154 g/mol. The molecule has 0 amide bonds. The Morgan fingerprint density at radius 1 is 1.45 bits per heavy atom. The zero-order chi connectivity index (χ0) is 7.94. The zero-order valence-electron chi connectivity index (χ0n) is 7.25. The Morgan fingerprint density at radius 3 is 3.00 bits per heavy atom. The lowest BCUT2D eigenvalue weighted by molar-refractivity contribution is 0.318. The molecule has 1 aliphatic rings. The van der Waals surface area contributed by atoms with Crippen molar-refractivity contribution in [1.29, 1.82) is 0 Å². The minimum atomic E-state index is 1.17. The van der Waals surface area contributed by atoms with Crippen molar-refractivity contribution in [2.75, 3.05) is 31.1 Å². The van der Waals surface area contributed by atoms with E-state index in [2.05, 4.69) is 24.0 Å². The van der Waals surface area contributed by atoms with Crippen LogP contribution in [0, 0.1) is 0 Å². The van der Waals surface area contributed by atoms with Gasteiger partial charge in [0.1, 0.15) is 0 Å². The summed E-state index contributed by atoms with van der Waals surface area (Å²) in [6.45, 7) is 5.93. The van der Waals surface area contributed by atoms with Crippen LogP contribution in [0.5, 0.6) is 0 Å². The van der Waals surface area contributed by atoms with Gasteiger partial charge in [-0.1, -0.05) is 19.1 Å². The van der Waals surface area contributed by atoms with Gasteiger partial charge in [0.25, 0.3) is 0 Å². The fourth-order valence-electron chi connectivity index (χ4n) is 1.23. The molecular formula is C9H17NS. The molecule has 11 heavy (non-hydrogen) atoms. The molecule has 0 aromatic carbocycles. The first kappa shape index (κ1) is 9.14. The Bertz CT molecular complexity index is 123. The van der Waals surface area contributed by atoms with Crippen LogP contribution in [-0.4, -0.2) is 36.0 Å². The molecule has 0 saturated heterocycles.